The van der Waals surface area contributed by atoms with Crippen LogP contribution in [-0.2, 0) is 5.41 Å². The monoisotopic (exact) mass is 208 g/mol. The van der Waals surface area contributed by atoms with E-state index in [4.69, 9.17) is 4.42 Å². The second kappa shape index (κ2) is 3.20. The summed E-state index contributed by atoms with van der Waals surface area (Å²) in [5.41, 5.74) is 0.180. The molecule has 82 valence electrons. The van der Waals surface area contributed by atoms with Crippen molar-refractivity contribution in [2.45, 2.75) is 25.2 Å². The molecule has 2 aliphatic rings. The van der Waals surface area contributed by atoms with E-state index >= 15 is 0 Å². The summed E-state index contributed by atoms with van der Waals surface area (Å²) in [4.78, 5) is 2.15. The van der Waals surface area contributed by atoms with Crippen LogP contribution >= 0.6 is 0 Å². The summed E-state index contributed by atoms with van der Waals surface area (Å²) in [6, 6.07) is 0.694. The molecular weight excluding hydrogens is 192 g/mol. The topological polar surface area (TPSA) is 54.2 Å². The van der Waals surface area contributed by atoms with E-state index in [0.717, 1.165) is 32.1 Å². The lowest BCUT2D eigenvalue weighted by Gasteiger charge is -2.25. The van der Waals surface area contributed by atoms with E-state index in [1.807, 2.05) is 0 Å². The third-order valence-electron chi connectivity index (χ3n) is 3.32. The third-order valence-corrected chi connectivity index (χ3v) is 3.32. The molecule has 2 fully saturated rings. The maximum atomic E-state index is 5.73. The first kappa shape index (κ1) is 9.15. The Bertz CT molecular complexity index is 352. The number of aromatic nitrogens is 2. The molecule has 0 bridgehead atoms. The molecule has 15 heavy (non-hydrogen) atoms. The van der Waals surface area contributed by atoms with Crippen molar-refractivity contribution in [1.29, 1.82) is 0 Å². The minimum Gasteiger partial charge on any atom is -0.407 e. The van der Waals surface area contributed by atoms with Gasteiger partial charge in [0.05, 0.1) is 0 Å². The number of rotatable bonds is 2. The summed E-state index contributed by atoms with van der Waals surface area (Å²) in [6.45, 7) is 6.09. The molecule has 1 saturated heterocycles. The van der Waals surface area contributed by atoms with E-state index in [0.29, 0.717) is 6.01 Å². The van der Waals surface area contributed by atoms with Gasteiger partial charge in [0.25, 0.3) is 0 Å². The van der Waals surface area contributed by atoms with Crippen LogP contribution < -0.4 is 10.2 Å². The highest BCUT2D eigenvalue weighted by molar-refractivity contribution is 5.27. The Morgan fingerprint density at radius 2 is 2.00 bits per heavy atom. The van der Waals surface area contributed by atoms with Gasteiger partial charge >= 0.3 is 6.01 Å². The Morgan fingerprint density at radius 3 is 2.67 bits per heavy atom. The maximum Gasteiger partial charge on any atom is 0.318 e. The van der Waals surface area contributed by atoms with Crippen molar-refractivity contribution in [2.75, 3.05) is 31.1 Å². The minimum atomic E-state index is 0.180. The standard InChI is InChI=1S/C10H16N4O/c1-10(2-3-10)8-12-13-9(15-8)14-6-4-11-5-7-14/h11H,2-7H2,1H3. The molecule has 0 aromatic carbocycles. The Hall–Kier alpha value is -1.10. The zero-order valence-corrected chi connectivity index (χ0v) is 8.99. The van der Waals surface area contributed by atoms with Crippen LogP contribution in [0.25, 0.3) is 0 Å². The highest BCUT2D eigenvalue weighted by atomic mass is 16.4. The van der Waals surface area contributed by atoms with Gasteiger partial charge in [-0.05, 0) is 12.8 Å². The van der Waals surface area contributed by atoms with Crippen molar-refractivity contribution in [2.24, 2.45) is 0 Å². The molecule has 1 aliphatic heterocycles. The van der Waals surface area contributed by atoms with Gasteiger partial charge in [0.2, 0.25) is 5.89 Å². The van der Waals surface area contributed by atoms with E-state index < -0.39 is 0 Å². The van der Waals surface area contributed by atoms with Gasteiger partial charge in [-0.15, -0.1) is 5.10 Å². The van der Waals surface area contributed by atoms with Crippen molar-refractivity contribution in [3.63, 3.8) is 0 Å². The predicted octanol–water partition coefficient (Wildman–Crippen LogP) is 0.531. The quantitative estimate of drug-likeness (QED) is 0.768. The van der Waals surface area contributed by atoms with Gasteiger partial charge in [-0.1, -0.05) is 12.0 Å². The van der Waals surface area contributed by atoms with Crippen LogP contribution in [0.4, 0.5) is 6.01 Å². The molecule has 0 spiro atoms. The number of hydrogen-bond donors (Lipinski definition) is 1. The predicted molar refractivity (Wildman–Crippen MR) is 56.0 cm³/mol. The zero-order chi connectivity index (χ0) is 10.3. The second-order valence-corrected chi connectivity index (χ2v) is 4.69. The molecule has 1 N–H and O–H groups in total. The third kappa shape index (κ3) is 1.61. The fourth-order valence-corrected chi connectivity index (χ4v) is 1.84. The van der Waals surface area contributed by atoms with Crippen LogP contribution in [0.5, 0.6) is 0 Å². The molecule has 1 aromatic rings. The van der Waals surface area contributed by atoms with Gasteiger partial charge in [-0.3, -0.25) is 0 Å². The first-order chi connectivity index (χ1) is 7.28. The zero-order valence-electron chi connectivity index (χ0n) is 8.99. The number of hydrogen-bond acceptors (Lipinski definition) is 5. The lowest BCUT2D eigenvalue weighted by Crippen LogP contribution is -2.43. The van der Waals surface area contributed by atoms with Crippen molar-refractivity contribution < 1.29 is 4.42 Å². The Balaban J connectivity index is 1.77. The molecule has 1 aromatic heterocycles. The van der Waals surface area contributed by atoms with E-state index in [1.54, 1.807) is 0 Å². The highest BCUT2D eigenvalue weighted by Gasteiger charge is 2.44. The van der Waals surface area contributed by atoms with Gasteiger partial charge in [-0.2, -0.15) is 0 Å². The molecular formula is C10H16N4O. The van der Waals surface area contributed by atoms with Crippen molar-refractivity contribution >= 4 is 6.01 Å². The molecule has 1 aliphatic carbocycles. The van der Waals surface area contributed by atoms with Crippen LogP contribution in [0.15, 0.2) is 4.42 Å². The summed E-state index contributed by atoms with van der Waals surface area (Å²) in [5, 5.41) is 11.6. The van der Waals surface area contributed by atoms with Crippen LogP contribution in [0.2, 0.25) is 0 Å². The SMILES string of the molecule is CC1(c2nnc(N3CCNCC3)o2)CC1. The molecule has 3 rings (SSSR count). The molecule has 1 saturated carbocycles. The Labute approximate surface area is 88.9 Å². The van der Waals surface area contributed by atoms with Crippen molar-refractivity contribution in [3.8, 4) is 0 Å². The van der Waals surface area contributed by atoms with Crippen molar-refractivity contribution in [3.05, 3.63) is 5.89 Å². The lowest BCUT2D eigenvalue weighted by molar-refractivity contribution is 0.434. The molecule has 0 amide bonds. The van der Waals surface area contributed by atoms with Crippen molar-refractivity contribution in [1.82, 2.24) is 15.5 Å². The molecule has 5 nitrogen and oxygen atoms in total. The molecule has 0 unspecified atom stereocenters. The number of nitrogens with zero attached hydrogens (tertiary/aromatic N) is 3. The minimum absolute atomic E-state index is 0.180. The van der Waals surface area contributed by atoms with E-state index in [2.05, 4.69) is 27.3 Å². The normalized spacial score (nSPS) is 24.2. The summed E-state index contributed by atoms with van der Waals surface area (Å²) in [6.07, 6.45) is 2.35. The van der Waals surface area contributed by atoms with E-state index in [9.17, 15) is 0 Å². The molecule has 0 atom stereocenters. The largest absolute Gasteiger partial charge is 0.407 e. The average Bonchev–Trinajstić information content (AvgIpc) is 2.85. The lowest BCUT2D eigenvalue weighted by atomic mass is 10.1. The summed E-state index contributed by atoms with van der Waals surface area (Å²) in [7, 11) is 0. The van der Waals surface area contributed by atoms with Gasteiger partial charge in [0, 0.05) is 31.6 Å². The average molecular weight is 208 g/mol. The number of nitrogens with one attached hydrogen (secondary N) is 1. The fourth-order valence-electron chi connectivity index (χ4n) is 1.84. The highest BCUT2D eigenvalue weighted by Crippen LogP contribution is 2.47. The van der Waals surface area contributed by atoms with Crippen LogP contribution in [0.3, 0.4) is 0 Å². The van der Waals surface area contributed by atoms with Gasteiger partial charge in [-0.25, -0.2) is 0 Å². The van der Waals surface area contributed by atoms with Crippen LogP contribution in [0, 0.1) is 0 Å². The Morgan fingerprint density at radius 1 is 1.27 bits per heavy atom. The van der Waals surface area contributed by atoms with E-state index in [-0.39, 0.29) is 5.41 Å². The summed E-state index contributed by atoms with van der Waals surface area (Å²) >= 11 is 0. The molecule has 5 heteroatoms. The molecule has 2 heterocycles. The first-order valence-corrected chi connectivity index (χ1v) is 5.58. The van der Waals surface area contributed by atoms with Gasteiger partial charge in [0.1, 0.15) is 0 Å². The van der Waals surface area contributed by atoms with Crippen LogP contribution in [-0.4, -0.2) is 36.4 Å². The van der Waals surface area contributed by atoms with E-state index in [1.165, 1.54) is 12.8 Å². The Kier molecular flexibility index (Phi) is 1.95. The summed E-state index contributed by atoms with van der Waals surface area (Å²) in [5.74, 6) is 0.816. The second-order valence-electron chi connectivity index (χ2n) is 4.69. The van der Waals surface area contributed by atoms with Gasteiger partial charge in [0.15, 0.2) is 0 Å². The maximum absolute atomic E-state index is 5.73. The summed E-state index contributed by atoms with van der Waals surface area (Å²) < 4.78 is 5.73. The molecule has 0 radical (unpaired) electrons. The first-order valence-electron chi connectivity index (χ1n) is 5.58. The number of anilines is 1. The fraction of sp³-hybridized carbons (Fsp3) is 0.800. The van der Waals surface area contributed by atoms with Crippen LogP contribution in [0.1, 0.15) is 25.7 Å². The smallest absolute Gasteiger partial charge is 0.318 e. The number of piperazine rings is 1. The van der Waals surface area contributed by atoms with Gasteiger partial charge < -0.3 is 14.6 Å².